The predicted molar refractivity (Wildman–Crippen MR) is 69.5 cm³/mol. The van der Waals surface area contributed by atoms with E-state index in [1.54, 1.807) is 6.20 Å². The van der Waals surface area contributed by atoms with E-state index in [2.05, 4.69) is 24.1 Å². The number of nitrogens with zero attached hydrogens (tertiary/aromatic N) is 1. The summed E-state index contributed by atoms with van der Waals surface area (Å²) in [6, 6.07) is 2.37. The molecule has 1 heterocycles. The second kappa shape index (κ2) is 5.85. The molecule has 3 N–H and O–H groups in total. The fourth-order valence-corrected chi connectivity index (χ4v) is 1.99. The minimum Gasteiger partial charge on any atom is -0.397 e. The molecule has 0 aliphatic carbocycles. The van der Waals surface area contributed by atoms with Gasteiger partial charge in [-0.25, -0.2) is 4.98 Å². The van der Waals surface area contributed by atoms with Gasteiger partial charge in [0.05, 0.1) is 11.9 Å². The van der Waals surface area contributed by atoms with E-state index >= 15 is 0 Å². The molecule has 4 heteroatoms. The quantitative estimate of drug-likeness (QED) is 0.808. The number of thioether (sulfide) groups is 1. The second-order valence-electron chi connectivity index (χ2n) is 3.64. The maximum absolute atomic E-state index is 5.64. The minimum atomic E-state index is 0.435. The van der Waals surface area contributed by atoms with Crippen molar-refractivity contribution in [2.24, 2.45) is 0 Å². The lowest BCUT2D eigenvalue weighted by molar-refractivity contribution is 0.899. The molecule has 0 radical (unpaired) electrons. The van der Waals surface area contributed by atoms with Crippen LogP contribution in [0.25, 0.3) is 0 Å². The third-order valence-electron chi connectivity index (χ3n) is 2.05. The molecule has 0 aliphatic rings. The zero-order valence-corrected chi connectivity index (χ0v) is 10.4. The van der Waals surface area contributed by atoms with Crippen LogP contribution in [-0.4, -0.2) is 22.5 Å². The summed E-state index contributed by atoms with van der Waals surface area (Å²) < 4.78 is 0. The average molecular weight is 225 g/mol. The van der Waals surface area contributed by atoms with E-state index in [-0.39, 0.29) is 0 Å². The van der Waals surface area contributed by atoms with Crippen LogP contribution in [-0.2, 0) is 0 Å². The highest BCUT2D eigenvalue weighted by Gasteiger charge is 2.05. The van der Waals surface area contributed by atoms with Crippen molar-refractivity contribution in [1.29, 1.82) is 0 Å². The topological polar surface area (TPSA) is 50.9 Å². The van der Waals surface area contributed by atoms with Crippen molar-refractivity contribution in [3.05, 3.63) is 17.8 Å². The van der Waals surface area contributed by atoms with Crippen LogP contribution in [0.3, 0.4) is 0 Å². The Hall–Kier alpha value is -0.900. The van der Waals surface area contributed by atoms with Crippen LogP contribution in [0, 0.1) is 6.92 Å². The number of anilines is 2. The first-order valence-electron chi connectivity index (χ1n) is 5.20. The van der Waals surface area contributed by atoms with E-state index in [0.717, 1.165) is 22.9 Å². The molecule has 0 saturated heterocycles. The summed E-state index contributed by atoms with van der Waals surface area (Å²) in [4.78, 5) is 4.28. The molecule has 1 rings (SSSR count). The van der Waals surface area contributed by atoms with Gasteiger partial charge in [-0.3, -0.25) is 0 Å². The van der Waals surface area contributed by atoms with E-state index in [4.69, 9.17) is 5.73 Å². The summed E-state index contributed by atoms with van der Waals surface area (Å²) >= 11 is 1.93. The van der Waals surface area contributed by atoms with Crippen LogP contribution in [0.5, 0.6) is 0 Å². The van der Waals surface area contributed by atoms with E-state index in [1.807, 2.05) is 24.8 Å². The highest BCUT2D eigenvalue weighted by molar-refractivity contribution is 7.99. The monoisotopic (exact) mass is 225 g/mol. The molecule has 0 fully saturated rings. The maximum Gasteiger partial charge on any atom is 0.129 e. The Kier molecular flexibility index (Phi) is 4.75. The first-order valence-corrected chi connectivity index (χ1v) is 6.35. The van der Waals surface area contributed by atoms with Gasteiger partial charge in [0, 0.05) is 11.8 Å². The molecular weight excluding hydrogens is 206 g/mol. The third kappa shape index (κ3) is 4.00. The van der Waals surface area contributed by atoms with Gasteiger partial charge in [-0.2, -0.15) is 11.8 Å². The predicted octanol–water partition coefficient (Wildman–Crippen LogP) is 2.53. The Bertz CT molecular complexity index is 315. The molecule has 84 valence electrons. The van der Waals surface area contributed by atoms with Crippen LogP contribution >= 0.6 is 11.8 Å². The van der Waals surface area contributed by atoms with Crippen LogP contribution in [0.2, 0.25) is 0 Å². The summed E-state index contributed by atoms with van der Waals surface area (Å²) in [7, 11) is 0. The van der Waals surface area contributed by atoms with Crippen LogP contribution in [0.4, 0.5) is 11.5 Å². The largest absolute Gasteiger partial charge is 0.397 e. The van der Waals surface area contributed by atoms with Crippen molar-refractivity contribution < 1.29 is 0 Å². The number of nitrogens with two attached hydrogens (primary N) is 1. The molecule has 1 aromatic rings. The molecule has 0 bridgehead atoms. The summed E-state index contributed by atoms with van der Waals surface area (Å²) in [6.07, 6.45) is 1.69. The van der Waals surface area contributed by atoms with Crippen LogP contribution in [0.15, 0.2) is 12.3 Å². The summed E-state index contributed by atoms with van der Waals surface area (Å²) in [5, 5.41) is 3.38. The first kappa shape index (κ1) is 12.2. The molecule has 0 spiro atoms. The fraction of sp³-hybridized carbons (Fsp3) is 0.545. The summed E-state index contributed by atoms with van der Waals surface area (Å²) in [6.45, 7) is 6.36. The number of nitrogens with one attached hydrogen (secondary N) is 1. The number of nitrogen functional groups attached to an aromatic ring is 1. The molecule has 0 aromatic carbocycles. The smallest absolute Gasteiger partial charge is 0.129 e. The zero-order valence-electron chi connectivity index (χ0n) is 9.58. The van der Waals surface area contributed by atoms with E-state index < -0.39 is 0 Å². The number of rotatable bonds is 5. The molecule has 0 amide bonds. The number of aromatic nitrogens is 1. The van der Waals surface area contributed by atoms with Gasteiger partial charge in [0.1, 0.15) is 5.82 Å². The molecule has 1 aromatic heterocycles. The Balaban J connectivity index is 2.56. The van der Waals surface area contributed by atoms with E-state index in [1.165, 1.54) is 0 Å². The Labute approximate surface area is 95.9 Å². The van der Waals surface area contributed by atoms with Gasteiger partial charge in [-0.1, -0.05) is 6.92 Å². The number of hydrogen-bond donors (Lipinski definition) is 2. The first-order chi connectivity index (χ1) is 7.13. The van der Waals surface area contributed by atoms with Gasteiger partial charge in [0.15, 0.2) is 0 Å². The molecular formula is C11H19N3S. The summed E-state index contributed by atoms with van der Waals surface area (Å²) in [5.74, 6) is 3.19. The Morgan fingerprint density at radius 1 is 1.60 bits per heavy atom. The highest BCUT2D eigenvalue weighted by atomic mass is 32.2. The Morgan fingerprint density at radius 3 is 2.93 bits per heavy atom. The van der Waals surface area contributed by atoms with Crippen LogP contribution in [0.1, 0.15) is 19.4 Å². The lowest BCUT2D eigenvalue weighted by Crippen LogP contribution is -2.19. The lowest BCUT2D eigenvalue weighted by Gasteiger charge is -2.15. The van der Waals surface area contributed by atoms with Crippen molar-refractivity contribution in [1.82, 2.24) is 4.98 Å². The Morgan fingerprint density at radius 2 is 2.33 bits per heavy atom. The number of hydrogen-bond acceptors (Lipinski definition) is 4. The van der Waals surface area contributed by atoms with Gasteiger partial charge < -0.3 is 11.1 Å². The molecule has 1 unspecified atom stereocenters. The number of aryl methyl sites for hydroxylation is 1. The van der Waals surface area contributed by atoms with Crippen molar-refractivity contribution in [2.75, 3.05) is 22.6 Å². The standard InChI is InChI=1S/C11H19N3S/c1-4-15-7-9(3)14-11-8(2)5-10(12)6-13-11/h5-6,9H,4,7,12H2,1-3H3,(H,13,14). The molecule has 3 nitrogen and oxygen atoms in total. The van der Waals surface area contributed by atoms with Crippen molar-refractivity contribution in [3.63, 3.8) is 0 Å². The van der Waals surface area contributed by atoms with Crippen molar-refractivity contribution in [3.8, 4) is 0 Å². The normalized spacial score (nSPS) is 12.5. The molecule has 15 heavy (non-hydrogen) atoms. The number of pyridine rings is 1. The average Bonchev–Trinajstić information content (AvgIpc) is 2.19. The van der Waals surface area contributed by atoms with Gasteiger partial charge in [0.2, 0.25) is 0 Å². The summed E-state index contributed by atoms with van der Waals surface area (Å²) in [5.41, 5.74) is 7.46. The van der Waals surface area contributed by atoms with Gasteiger partial charge in [-0.05, 0) is 31.2 Å². The minimum absolute atomic E-state index is 0.435. The van der Waals surface area contributed by atoms with E-state index in [9.17, 15) is 0 Å². The van der Waals surface area contributed by atoms with Crippen LogP contribution < -0.4 is 11.1 Å². The van der Waals surface area contributed by atoms with E-state index in [0.29, 0.717) is 11.7 Å². The van der Waals surface area contributed by atoms with Gasteiger partial charge >= 0.3 is 0 Å². The van der Waals surface area contributed by atoms with Gasteiger partial charge in [-0.15, -0.1) is 0 Å². The SMILES string of the molecule is CCSCC(C)Nc1ncc(N)cc1C. The van der Waals surface area contributed by atoms with Crippen molar-refractivity contribution >= 4 is 23.3 Å². The lowest BCUT2D eigenvalue weighted by atomic mass is 10.2. The maximum atomic E-state index is 5.64. The molecule has 1 atom stereocenters. The second-order valence-corrected chi connectivity index (χ2v) is 4.96. The highest BCUT2D eigenvalue weighted by Crippen LogP contribution is 2.15. The molecule has 0 aliphatic heterocycles. The molecule has 0 saturated carbocycles. The zero-order chi connectivity index (χ0) is 11.3. The third-order valence-corrected chi connectivity index (χ3v) is 3.20. The fourth-order valence-electron chi connectivity index (χ4n) is 1.32. The van der Waals surface area contributed by atoms with Crippen molar-refractivity contribution in [2.45, 2.75) is 26.8 Å². The van der Waals surface area contributed by atoms with Gasteiger partial charge in [0.25, 0.3) is 0 Å².